The zero-order valence-corrected chi connectivity index (χ0v) is 16.4. The normalized spacial score (nSPS) is 15.5. The zero-order valence-electron chi connectivity index (χ0n) is 16.4. The number of hydrogen-bond donors (Lipinski definition) is 2. The molecule has 0 unspecified atom stereocenters. The molecule has 0 fully saturated rings. The Labute approximate surface area is 164 Å². The number of carbonyl (C=O) groups excluding carboxylic acids is 1. The molecule has 1 atom stereocenters. The molecule has 28 heavy (non-hydrogen) atoms. The molecular formula is C21H24N4O3. The van der Waals surface area contributed by atoms with Crippen molar-refractivity contribution in [3.8, 4) is 11.5 Å². The fourth-order valence-corrected chi connectivity index (χ4v) is 3.15. The molecule has 2 aromatic carbocycles. The predicted molar refractivity (Wildman–Crippen MR) is 111 cm³/mol. The summed E-state index contributed by atoms with van der Waals surface area (Å²) in [5.41, 5.74) is 3.17. The maximum absolute atomic E-state index is 12.3. The lowest BCUT2D eigenvalue weighted by Crippen LogP contribution is -2.43. The summed E-state index contributed by atoms with van der Waals surface area (Å²) in [5, 5.41) is 5.64. The standard InChI is InChI=1S/C21H24N4O3/c1-5-22-21(26)25-20-19(14-10-11-17(27-3)18(12-14)28-4)13(2)23-15-8-6-7-9-16(15)24-20/h6-12,19H,5H2,1-4H3,(H2,22,24,25,26)/t19-/m1/s1. The van der Waals surface area contributed by atoms with Crippen LogP contribution in [0.4, 0.5) is 16.2 Å². The van der Waals surface area contributed by atoms with Gasteiger partial charge in [-0.05, 0) is 43.7 Å². The molecular weight excluding hydrogens is 356 g/mol. The van der Waals surface area contributed by atoms with Crippen LogP contribution in [0, 0.1) is 0 Å². The molecule has 0 saturated heterocycles. The van der Waals surface area contributed by atoms with Crippen molar-refractivity contribution in [1.29, 1.82) is 0 Å². The van der Waals surface area contributed by atoms with Crippen LogP contribution >= 0.6 is 0 Å². The van der Waals surface area contributed by atoms with Crippen LogP contribution in [0.1, 0.15) is 25.3 Å². The zero-order chi connectivity index (χ0) is 20.1. The average Bonchev–Trinajstić information content (AvgIpc) is 2.82. The lowest BCUT2D eigenvalue weighted by atomic mass is 9.93. The van der Waals surface area contributed by atoms with Gasteiger partial charge >= 0.3 is 6.03 Å². The smallest absolute Gasteiger partial charge is 0.320 e. The van der Waals surface area contributed by atoms with Gasteiger partial charge in [0.15, 0.2) is 11.5 Å². The molecule has 0 aromatic heterocycles. The number of ether oxygens (including phenoxy) is 2. The minimum atomic E-state index is -0.338. The first-order valence-electron chi connectivity index (χ1n) is 9.07. The second-order valence-corrected chi connectivity index (χ2v) is 6.27. The minimum absolute atomic E-state index is 0.307. The van der Waals surface area contributed by atoms with Gasteiger partial charge in [0, 0.05) is 12.3 Å². The van der Waals surface area contributed by atoms with E-state index < -0.39 is 0 Å². The average molecular weight is 380 g/mol. The van der Waals surface area contributed by atoms with Crippen LogP contribution in [0.2, 0.25) is 0 Å². The van der Waals surface area contributed by atoms with Gasteiger partial charge in [-0.15, -0.1) is 0 Å². The molecule has 7 nitrogen and oxygen atoms in total. The molecule has 2 amide bonds. The number of para-hydroxylation sites is 2. The van der Waals surface area contributed by atoms with Gasteiger partial charge in [0.25, 0.3) is 0 Å². The molecule has 0 aliphatic carbocycles. The van der Waals surface area contributed by atoms with Crippen molar-refractivity contribution in [2.45, 2.75) is 19.8 Å². The molecule has 146 valence electrons. The highest BCUT2D eigenvalue weighted by Crippen LogP contribution is 2.36. The Kier molecular flexibility index (Phi) is 5.93. The second-order valence-electron chi connectivity index (χ2n) is 6.27. The highest BCUT2D eigenvalue weighted by atomic mass is 16.5. The molecule has 2 N–H and O–H groups in total. The first-order valence-corrected chi connectivity index (χ1v) is 9.07. The molecule has 7 heteroatoms. The van der Waals surface area contributed by atoms with E-state index in [0.717, 1.165) is 17.0 Å². The number of carbonyl (C=O) groups is 1. The van der Waals surface area contributed by atoms with E-state index >= 15 is 0 Å². The third-order valence-corrected chi connectivity index (χ3v) is 4.43. The third kappa shape index (κ3) is 3.98. The highest BCUT2D eigenvalue weighted by Gasteiger charge is 2.27. The van der Waals surface area contributed by atoms with Crippen LogP contribution in [0.15, 0.2) is 52.4 Å². The van der Waals surface area contributed by atoms with E-state index in [9.17, 15) is 4.79 Å². The van der Waals surface area contributed by atoms with E-state index in [1.165, 1.54) is 0 Å². The summed E-state index contributed by atoms with van der Waals surface area (Å²) < 4.78 is 10.8. The number of nitrogens with one attached hydrogen (secondary N) is 2. The van der Waals surface area contributed by atoms with Gasteiger partial charge < -0.3 is 14.8 Å². The molecule has 1 aliphatic rings. The quantitative estimate of drug-likeness (QED) is 0.842. The summed E-state index contributed by atoms with van der Waals surface area (Å²) in [6.45, 7) is 4.31. The Bertz CT molecular complexity index is 937. The lowest BCUT2D eigenvalue weighted by Gasteiger charge is -2.20. The summed E-state index contributed by atoms with van der Waals surface area (Å²) in [5.74, 6) is 1.40. The van der Waals surface area contributed by atoms with Gasteiger partial charge in [0.05, 0.1) is 31.5 Å². The van der Waals surface area contributed by atoms with Gasteiger partial charge in [-0.25, -0.2) is 9.79 Å². The molecule has 0 bridgehead atoms. The van der Waals surface area contributed by atoms with E-state index in [0.29, 0.717) is 29.6 Å². The van der Waals surface area contributed by atoms with Crippen molar-refractivity contribution in [1.82, 2.24) is 10.6 Å². The van der Waals surface area contributed by atoms with Crippen LogP contribution in [-0.4, -0.2) is 38.3 Å². The Morgan fingerprint density at radius 2 is 1.71 bits per heavy atom. The first-order chi connectivity index (χ1) is 13.6. The predicted octanol–water partition coefficient (Wildman–Crippen LogP) is 3.94. The van der Waals surface area contributed by atoms with Gasteiger partial charge in [0.2, 0.25) is 0 Å². The highest BCUT2D eigenvalue weighted by molar-refractivity contribution is 6.17. The number of aliphatic imine (C=N–C) groups is 2. The van der Waals surface area contributed by atoms with E-state index in [2.05, 4.69) is 10.6 Å². The number of rotatable bonds is 4. The molecule has 1 aliphatic heterocycles. The van der Waals surface area contributed by atoms with Crippen LogP contribution in [0.25, 0.3) is 0 Å². The number of hydrogen-bond acceptors (Lipinski definition) is 5. The summed E-state index contributed by atoms with van der Waals surface area (Å²) >= 11 is 0. The Hall–Kier alpha value is -3.35. The molecule has 3 rings (SSSR count). The van der Waals surface area contributed by atoms with Crippen LogP contribution in [0.5, 0.6) is 11.5 Å². The van der Waals surface area contributed by atoms with E-state index in [4.69, 9.17) is 19.5 Å². The summed E-state index contributed by atoms with van der Waals surface area (Å²) in [6, 6.07) is 12.9. The topological polar surface area (TPSA) is 84.3 Å². The third-order valence-electron chi connectivity index (χ3n) is 4.43. The van der Waals surface area contributed by atoms with Crippen LogP contribution < -0.4 is 20.1 Å². The van der Waals surface area contributed by atoms with Gasteiger partial charge in [-0.2, -0.15) is 0 Å². The van der Waals surface area contributed by atoms with E-state index in [1.54, 1.807) is 14.2 Å². The van der Waals surface area contributed by atoms with Crippen molar-refractivity contribution in [3.05, 3.63) is 48.0 Å². The largest absolute Gasteiger partial charge is 0.493 e. The number of nitrogens with zero attached hydrogens (tertiary/aromatic N) is 2. The van der Waals surface area contributed by atoms with Crippen molar-refractivity contribution in [3.63, 3.8) is 0 Å². The molecule has 0 radical (unpaired) electrons. The van der Waals surface area contributed by atoms with Gasteiger partial charge in [-0.1, -0.05) is 18.2 Å². The number of amides is 2. The summed E-state index contributed by atoms with van der Waals surface area (Å²) in [6.07, 6.45) is 0. The van der Waals surface area contributed by atoms with Crippen LogP contribution in [0.3, 0.4) is 0 Å². The minimum Gasteiger partial charge on any atom is -0.493 e. The Balaban J connectivity index is 2.12. The summed E-state index contributed by atoms with van der Waals surface area (Å²) in [4.78, 5) is 21.7. The second kappa shape index (κ2) is 8.56. The number of amidine groups is 1. The monoisotopic (exact) mass is 380 g/mol. The fourth-order valence-electron chi connectivity index (χ4n) is 3.15. The van der Waals surface area contributed by atoms with Crippen molar-refractivity contribution < 1.29 is 14.3 Å². The molecule has 0 spiro atoms. The Morgan fingerprint density at radius 1 is 1.04 bits per heavy atom. The van der Waals surface area contributed by atoms with Crippen molar-refractivity contribution >= 4 is 29.0 Å². The summed E-state index contributed by atoms with van der Waals surface area (Å²) in [7, 11) is 3.18. The van der Waals surface area contributed by atoms with Gasteiger partial charge in [-0.3, -0.25) is 10.3 Å². The fraction of sp³-hybridized carbons (Fsp3) is 0.286. The Morgan fingerprint density at radius 3 is 2.36 bits per heavy atom. The number of urea groups is 1. The molecule has 0 saturated carbocycles. The van der Waals surface area contributed by atoms with Crippen molar-refractivity contribution in [2.24, 2.45) is 9.98 Å². The first kappa shape index (κ1) is 19.4. The maximum atomic E-state index is 12.3. The van der Waals surface area contributed by atoms with E-state index in [-0.39, 0.29) is 11.9 Å². The van der Waals surface area contributed by atoms with Crippen LogP contribution in [-0.2, 0) is 0 Å². The maximum Gasteiger partial charge on any atom is 0.320 e. The molecule has 2 aromatic rings. The lowest BCUT2D eigenvalue weighted by molar-refractivity contribution is 0.245. The number of fused-ring (bicyclic) bond motifs is 1. The van der Waals surface area contributed by atoms with Gasteiger partial charge in [0.1, 0.15) is 5.84 Å². The van der Waals surface area contributed by atoms with Crippen molar-refractivity contribution in [2.75, 3.05) is 20.8 Å². The SMILES string of the molecule is CCNC(=O)NC1=Nc2ccccc2N=C(C)[C@@H]1c1ccc(OC)c(OC)c1. The number of methoxy groups -OCH3 is 2. The molecule has 1 heterocycles. The van der Waals surface area contributed by atoms with E-state index in [1.807, 2.05) is 56.3 Å². The number of benzene rings is 2.